The standard InChI is InChI=1S/C9H11NO3/c1-5-6(9(12)13-2)3-4-7(11)8(5)10/h3-4,11H,10H2,1-2H3. The van der Waals surface area contributed by atoms with Crippen LogP contribution in [0.3, 0.4) is 0 Å². The van der Waals surface area contributed by atoms with Crippen LogP contribution in [0.2, 0.25) is 0 Å². The molecule has 0 radical (unpaired) electrons. The summed E-state index contributed by atoms with van der Waals surface area (Å²) in [5.41, 5.74) is 6.64. The van der Waals surface area contributed by atoms with Crippen molar-refractivity contribution >= 4 is 11.7 Å². The molecule has 0 spiro atoms. The van der Waals surface area contributed by atoms with Crippen LogP contribution in [0, 0.1) is 6.92 Å². The number of carbonyl (C=O) groups is 1. The number of anilines is 1. The van der Waals surface area contributed by atoms with Gasteiger partial charge in [0.2, 0.25) is 0 Å². The molecule has 0 aliphatic heterocycles. The number of carbonyl (C=O) groups excluding carboxylic acids is 1. The van der Waals surface area contributed by atoms with E-state index in [1.165, 1.54) is 19.2 Å². The van der Waals surface area contributed by atoms with Crippen molar-refractivity contribution in [3.05, 3.63) is 23.3 Å². The first-order valence-electron chi connectivity index (χ1n) is 3.74. The van der Waals surface area contributed by atoms with E-state index in [0.717, 1.165) is 0 Å². The third-order valence-electron chi connectivity index (χ3n) is 1.90. The molecule has 0 amide bonds. The molecule has 0 bridgehead atoms. The maximum Gasteiger partial charge on any atom is 0.338 e. The largest absolute Gasteiger partial charge is 0.506 e. The Morgan fingerprint density at radius 2 is 2.15 bits per heavy atom. The van der Waals surface area contributed by atoms with Crippen molar-refractivity contribution in [1.82, 2.24) is 0 Å². The summed E-state index contributed by atoms with van der Waals surface area (Å²) in [5.74, 6) is -0.477. The molecule has 0 aliphatic rings. The fourth-order valence-electron chi connectivity index (χ4n) is 1.05. The number of hydrogen-bond donors (Lipinski definition) is 2. The predicted molar refractivity (Wildman–Crippen MR) is 48.6 cm³/mol. The molecule has 0 saturated heterocycles. The Balaban J connectivity index is 3.26. The molecule has 3 N–H and O–H groups in total. The first kappa shape index (κ1) is 9.38. The summed E-state index contributed by atoms with van der Waals surface area (Å²) in [6.07, 6.45) is 0. The molecular weight excluding hydrogens is 170 g/mol. The van der Waals surface area contributed by atoms with E-state index >= 15 is 0 Å². The number of nitrogen functional groups attached to an aromatic ring is 1. The average molecular weight is 181 g/mol. The molecule has 70 valence electrons. The summed E-state index contributed by atoms with van der Waals surface area (Å²) < 4.78 is 4.54. The Labute approximate surface area is 75.9 Å². The quantitative estimate of drug-likeness (QED) is 0.386. The van der Waals surface area contributed by atoms with Crippen LogP contribution in [-0.2, 0) is 4.74 Å². The van der Waals surface area contributed by atoms with Crippen LogP contribution in [0.25, 0.3) is 0 Å². The summed E-state index contributed by atoms with van der Waals surface area (Å²) in [4.78, 5) is 11.1. The van der Waals surface area contributed by atoms with Gasteiger partial charge < -0.3 is 15.6 Å². The number of nitrogens with two attached hydrogens (primary N) is 1. The second-order valence-corrected chi connectivity index (χ2v) is 2.66. The van der Waals surface area contributed by atoms with E-state index < -0.39 is 5.97 Å². The highest BCUT2D eigenvalue weighted by Crippen LogP contribution is 2.26. The van der Waals surface area contributed by atoms with Crippen LogP contribution in [0.1, 0.15) is 15.9 Å². The van der Waals surface area contributed by atoms with Gasteiger partial charge in [0, 0.05) is 0 Å². The summed E-state index contributed by atoms with van der Waals surface area (Å²) in [6.45, 7) is 1.65. The number of ether oxygens (including phenoxy) is 1. The lowest BCUT2D eigenvalue weighted by molar-refractivity contribution is 0.0600. The van der Waals surface area contributed by atoms with Gasteiger partial charge >= 0.3 is 5.97 Å². The van der Waals surface area contributed by atoms with Crippen LogP contribution < -0.4 is 5.73 Å². The third-order valence-corrected chi connectivity index (χ3v) is 1.90. The molecule has 0 atom stereocenters. The van der Waals surface area contributed by atoms with E-state index in [1.54, 1.807) is 6.92 Å². The normalized spacial score (nSPS) is 9.69. The molecule has 0 unspecified atom stereocenters. The fraction of sp³-hybridized carbons (Fsp3) is 0.222. The molecule has 4 heteroatoms. The Bertz CT molecular complexity index is 347. The van der Waals surface area contributed by atoms with Gasteiger partial charge in [-0.2, -0.15) is 0 Å². The Morgan fingerprint density at radius 1 is 1.54 bits per heavy atom. The zero-order valence-electron chi connectivity index (χ0n) is 7.50. The highest BCUT2D eigenvalue weighted by molar-refractivity contribution is 5.93. The molecule has 13 heavy (non-hydrogen) atoms. The molecule has 0 saturated carbocycles. The van der Waals surface area contributed by atoms with Gasteiger partial charge in [0.1, 0.15) is 5.75 Å². The SMILES string of the molecule is COC(=O)c1ccc(O)c(N)c1C. The fourth-order valence-corrected chi connectivity index (χ4v) is 1.05. The number of phenols is 1. The molecular formula is C9H11NO3. The number of hydrogen-bond acceptors (Lipinski definition) is 4. The van der Waals surface area contributed by atoms with Crippen molar-refractivity contribution in [2.75, 3.05) is 12.8 Å². The third kappa shape index (κ3) is 1.56. The van der Waals surface area contributed by atoms with Gasteiger partial charge in [-0.25, -0.2) is 4.79 Å². The highest BCUT2D eigenvalue weighted by Gasteiger charge is 2.12. The zero-order chi connectivity index (χ0) is 10.0. The number of methoxy groups -OCH3 is 1. The second kappa shape index (κ2) is 3.35. The van der Waals surface area contributed by atoms with Crippen LogP contribution >= 0.6 is 0 Å². The summed E-state index contributed by atoms with van der Waals surface area (Å²) in [5, 5.41) is 9.20. The molecule has 0 aromatic heterocycles. The van der Waals surface area contributed by atoms with Gasteiger partial charge in [-0.1, -0.05) is 0 Å². The van der Waals surface area contributed by atoms with Crippen LogP contribution in [0.4, 0.5) is 5.69 Å². The maximum atomic E-state index is 11.1. The van der Waals surface area contributed by atoms with Crippen molar-refractivity contribution in [2.24, 2.45) is 0 Å². The Morgan fingerprint density at radius 3 is 2.69 bits per heavy atom. The molecule has 1 rings (SSSR count). The van der Waals surface area contributed by atoms with Crippen LogP contribution in [0.15, 0.2) is 12.1 Å². The number of rotatable bonds is 1. The average Bonchev–Trinajstić information content (AvgIpc) is 2.13. The van der Waals surface area contributed by atoms with E-state index in [2.05, 4.69) is 4.74 Å². The van der Waals surface area contributed by atoms with E-state index in [1.807, 2.05) is 0 Å². The number of phenolic OH excluding ortho intramolecular Hbond substituents is 1. The van der Waals surface area contributed by atoms with Gasteiger partial charge in [0.05, 0.1) is 18.4 Å². The smallest absolute Gasteiger partial charge is 0.338 e. The van der Waals surface area contributed by atoms with Gasteiger partial charge in [0.25, 0.3) is 0 Å². The van der Waals surface area contributed by atoms with Crippen molar-refractivity contribution < 1.29 is 14.6 Å². The van der Waals surface area contributed by atoms with Crippen molar-refractivity contribution in [2.45, 2.75) is 6.92 Å². The monoisotopic (exact) mass is 181 g/mol. The minimum absolute atomic E-state index is 0.0230. The number of benzene rings is 1. The summed E-state index contributed by atoms with van der Waals surface area (Å²) in [6, 6.07) is 2.85. The maximum absolute atomic E-state index is 11.1. The Hall–Kier alpha value is -1.71. The van der Waals surface area contributed by atoms with Crippen molar-refractivity contribution in [1.29, 1.82) is 0 Å². The van der Waals surface area contributed by atoms with E-state index in [-0.39, 0.29) is 11.4 Å². The molecule has 1 aromatic rings. The van der Waals surface area contributed by atoms with Gasteiger partial charge in [0.15, 0.2) is 0 Å². The summed E-state index contributed by atoms with van der Waals surface area (Å²) in [7, 11) is 1.30. The summed E-state index contributed by atoms with van der Waals surface area (Å²) >= 11 is 0. The predicted octanol–water partition coefficient (Wildman–Crippen LogP) is 1.07. The highest BCUT2D eigenvalue weighted by atomic mass is 16.5. The van der Waals surface area contributed by atoms with E-state index in [9.17, 15) is 9.90 Å². The first-order chi connectivity index (χ1) is 6.07. The Kier molecular flexibility index (Phi) is 2.41. The van der Waals surface area contributed by atoms with E-state index in [0.29, 0.717) is 11.1 Å². The van der Waals surface area contributed by atoms with Gasteiger partial charge in [-0.15, -0.1) is 0 Å². The lowest BCUT2D eigenvalue weighted by Gasteiger charge is -2.07. The van der Waals surface area contributed by atoms with Crippen LogP contribution in [0.5, 0.6) is 5.75 Å². The lowest BCUT2D eigenvalue weighted by atomic mass is 10.1. The van der Waals surface area contributed by atoms with Crippen molar-refractivity contribution in [3.63, 3.8) is 0 Å². The molecule has 0 fully saturated rings. The topological polar surface area (TPSA) is 72.5 Å². The minimum Gasteiger partial charge on any atom is -0.506 e. The minimum atomic E-state index is -0.454. The first-order valence-corrected chi connectivity index (χ1v) is 3.74. The van der Waals surface area contributed by atoms with E-state index in [4.69, 9.17) is 5.73 Å². The number of aromatic hydroxyl groups is 1. The molecule has 0 aliphatic carbocycles. The zero-order valence-corrected chi connectivity index (χ0v) is 7.50. The molecule has 1 aromatic carbocycles. The van der Waals surface area contributed by atoms with Crippen molar-refractivity contribution in [3.8, 4) is 5.75 Å². The number of esters is 1. The lowest BCUT2D eigenvalue weighted by Crippen LogP contribution is -2.05. The second-order valence-electron chi connectivity index (χ2n) is 2.66. The molecule has 4 nitrogen and oxygen atoms in total. The van der Waals surface area contributed by atoms with Gasteiger partial charge in [-0.05, 0) is 24.6 Å². The van der Waals surface area contributed by atoms with Gasteiger partial charge in [-0.3, -0.25) is 0 Å². The van der Waals surface area contributed by atoms with Crippen LogP contribution in [-0.4, -0.2) is 18.2 Å². The molecule has 0 heterocycles.